The summed E-state index contributed by atoms with van der Waals surface area (Å²) in [5.74, 6) is 1.57. The highest BCUT2D eigenvalue weighted by Gasteiger charge is 2.04. The topological polar surface area (TPSA) is 44.5 Å². The molecule has 0 saturated carbocycles. The van der Waals surface area contributed by atoms with Gasteiger partial charge in [-0.1, -0.05) is 6.07 Å². The van der Waals surface area contributed by atoms with Gasteiger partial charge in [0.15, 0.2) is 11.5 Å². The lowest BCUT2D eigenvalue weighted by molar-refractivity contribution is 0.354. The molecule has 0 saturated heterocycles. The van der Waals surface area contributed by atoms with Crippen molar-refractivity contribution in [3.05, 3.63) is 23.8 Å². The molecule has 0 aromatic heterocycles. The van der Waals surface area contributed by atoms with E-state index >= 15 is 0 Å². The molecule has 3 heteroatoms. The van der Waals surface area contributed by atoms with Crippen molar-refractivity contribution in [1.29, 1.82) is 0 Å². The zero-order valence-electron chi connectivity index (χ0n) is 10.3. The SMILES string of the molecule is COc1ccc(CCCC(C)N)cc1OC. The first-order valence-corrected chi connectivity index (χ1v) is 5.64. The Kier molecular flexibility index (Phi) is 5.12. The van der Waals surface area contributed by atoms with Crippen LogP contribution in [0.4, 0.5) is 0 Å². The molecular formula is C13H21NO2. The van der Waals surface area contributed by atoms with Crippen molar-refractivity contribution in [1.82, 2.24) is 0 Å². The van der Waals surface area contributed by atoms with Crippen molar-refractivity contribution < 1.29 is 9.47 Å². The molecule has 0 fully saturated rings. The second-order valence-electron chi connectivity index (χ2n) is 4.06. The fourth-order valence-corrected chi connectivity index (χ4v) is 1.66. The van der Waals surface area contributed by atoms with E-state index in [1.54, 1.807) is 14.2 Å². The molecule has 0 aliphatic carbocycles. The van der Waals surface area contributed by atoms with Crippen molar-refractivity contribution in [3.63, 3.8) is 0 Å². The zero-order valence-corrected chi connectivity index (χ0v) is 10.3. The molecule has 0 aliphatic rings. The van der Waals surface area contributed by atoms with E-state index < -0.39 is 0 Å². The Morgan fingerprint density at radius 2 is 1.88 bits per heavy atom. The first kappa shape index (κ1) is 12.8. The highest BCUT2D eigenvalue weighted by Crippen LogP contribution is 2.28. The average Bonchev–Trinajstić information content (AvgIpc) is 2.28. The summed E-state index contributed by atoms with van der Waals surface area (Å²) in [5, 5.41) is 0. The summed E-state index contributed by atoms with van der Waals surface area (Å²) in [5.41, 5.74) is 6.98. The van der Waals surface area contributed by atoms with E-state index in [2.05, 4.69) is 6.07 Å². The van der Waals surface area contributed by atoms with Gasteiger partial charge in [-0.25, -0.2) is 0 Å². The van der Waals surface area contributed by atoms with Gasteiger partial charge in [0, 0.05) is 6.04 Å². The maximum atomic E-state index is 5.71. The van der Waals surface area contributed by atoms with E-state index in [1.807, 2.05) is 19.1 Å². The first-order chi connectivity index (χ1) is 7.67. The molecular weight excluding hydrogens is 202 g/mol. The zero-order chi connectivity index (χ0) is 12.0. The molecule has 1 unspecified atom stereocenters. The van der Waals surface area contributed by atoms with Gasteiger partial charge in [-0.15, -0.1) is 0 Å². The monoisotopic (exact) mass is 223 g/mol. The number of aryl methyl sites for hydroxylation is 1. The lowest BCUT2D eigenvalue weighted by Gasteiger charge is -2.10. The van der Waals surface area contributed by atoms with Crippen molar-refractivity contribution >= 4 is 0 Å². The molecule has 1 aromatic rings. The van der Waals surface area contributed by atoms with Crippen molar-refractivity contribution in [2.45, 2.75) is 32.2 Å². The van der Waals surface area contributed by atoms with Gasteiger partial charge in [0.05, 0.1) is 14.2 Å². The Hall–Kier alpha value is -1.22. The third-order valence-corrected chi connectivity index (χ3v) is 2.57. The highest BCUT2D eigenvalue weighted by atomic mass is 16.5. The molecule has 1 rings (SSSR count). The minimum Gasteiger partial charge on any atom is -0.493 e. The summed E-state index contributed by atoms with van der Waals surface area (Å²) in [4.78, 5) is 0. The van der Waals surface area contributed by atoms with Crippen molar-refractivity contribution in [3.8, 4) is 11.5 Å². The molecule has 0 bridgehead atoms. The molecule has 3 nitrogen and oxygen atoms in total. The van der Waals surface area contributed by atoms with Gasteiger partial charge in [-0.05, 0) is 43.9 Å². The van der Waals surface area contributed by atoms with Gasteiger partial charge >= 0.3 is 0 Å². The van der Waals surface area contributed by atoms with Gasteiger partial charge < -0.3 is 15.2 Å². The van der Waals surface area contributed by atoms with E-state index in [1.165, 1.54) is 5.56 Å². The molecule has 0 spiro atoms. The maximum Gasteiger partial charge on any atom is 0.160 e. The summed E-state index contributed by atoms with van der Waals surface area (Å²) in [6.45, 7) is 2.04. The number of methoxy groups -OCH3 is 2. The van der Waals surface area contributed by atoms with E-state index in [4.69, 9.17) is 15.2 Å². The Morgan fingerprint density at radius 3 is 2.44 bits per heavy atom. The van der Waals surface area contributed by atoms with E-state index in [0.717, 1.165) is 30.8 Å². The van der Waals surface area contributed by atoms with Crippen LogP contribution in [0.3, 0.4) is 0 Å². The van der Waals surface area contributed by atoms with E-state index in [9.17, 15) is 0 Å². The van der Waals surface area contributed by atoms with Crippen LogP contribution in [0.15, 0.2) is 18.2 Å². The van der Waals surface area contributed by atoms with Crippen LogP contribution in [0.25, 0.3) is 0 Å². The predicted molar refractivity (Wildman–Crippen MR) is 66.1 cm³/mol. The van der Waals surface area contributed by atoms with Crippen LogP contribution in [0, 0.1) is 0 Å². The van der Waals surface area contributed by atoms with Crippen LogP contribution < -0.4 is 15.2 Å². The van der Waals surface area contributed by atoms with Gasteiger partial charge in [0.1, 0.15) is 0 Å². The molecule has 0 radical (unpaired) electrons. The minimum absolute atomic E-state index is 0.278. The minimum atomic E-state index is 0.278. The Morgan fingerprint density at radius 1 is 1.19 bits per heavy atom. The number of benzene rings is 1. The lowest BCUT2D eigenvalue weighted by atomic mass is 10.1. The second-order valence-corrected chi connectivity index (χ2v) is 4.06. The molecule has 16 heavy (non-hydrogen) atoms. The van der Waals surface area contributed by atoms with Gasteiger partial charge in [0.2, 0.25) is 0 Å². The fourth-order valence-electron chi connectivity index (χ4n) is 1.66. The van der Waals surface area contributed by atoms with Crippen LogP contribution in [-0.2, 0) is 6.42 Å². The molecule has 0 aliphatic heterocycles. The van der Waals surface area contributed by atoms with Crippen molar-refractivity contribution in [2.24, 2.45) is 5.73 Å². The summed E-state index contributed by atoms with van der Waals surface area (Å²) in [6, 6.07) is 6.32. The Balaban J connectivity index is 2.60. The average molecular weight is 223 g/mol. The van der Waals surface area contributed by atoms with Gasteiger partial charge in [-0.2, -0.15) is 0 Å². The van der Waals surface area contributed by atoms with Crippen LogP contribution in [0.1, 0.15) is 25.3 Å². The predicted octanol–water partition coefficient (Wildman–Crippen LogP) is 2.37. The summed E-state index contributed by atoms with van der Waals surface area (Å²) in [7, 11) is 3.30. The number of rotatable bonds is 6. The second kappa shape index (κ2) is 6.38. The van der Waals surface area contributed by atoms with Crippen LogP contribution >= 0.6 is 0 Å². The van der Waals surface area contributed by atoms with Crippen LogP contribution in [-0.4, -0.2) is 20.3 Å². The van der Waals surface area contributed by atoms with E-state index in [-0.39, 0.29) is 6.04 Å². The van der Waals surface area contributed by atoms with Crippen LogP contribution in [0.2, 0.25) is 0 Å². The Labute approximate surface area is 97.6 Å². The molecule has 2 N–H and O–H groups in total. The number of nitrogens with two attached hydrogens (primary N) is 1. The lowest BCUT2D eigenvalue weighted by Crippen LogP contribution is -2.14. The number of hydrogen-bond acceptors (Lipinski definition) is 3. The highest BCUT2D eigenvalue weighted by molar-refractivity contribution is 5.42. The number of ether oxygens (including phenoxy) is 2. The van der Waals surface area contributed by atoms with E-state index in [0.29, 0.717) is 0 Å². The first-order valence-electron chi connectivity index (χ1n) is 5.64. The Bertz CT molecular complexity index is 324. The fraction of sp³-hybridized carbons (Fsp3) is 0.538. The smallest absolute Gasteiger partial charge is 0.160 e. The molecule has 0 amide bonds. The van der Waals surface area contributed by atoms with Crippen LogP contribution in [0.5, 0.6) is 11.5 Å². The summed E-state index contributed by atoms with van der Waals surface area (Å²) in [6.07, 6.45) is 3.18. The van der Waals surface area contributed by atoms with Gasteiger partial charge in [-0.3, -0.25) is 0 Å². The normalized spacial score (nSPS) is 12.2. The summed E-state index contributed by atoms with van der Waals surface area (Å²) >= 11 is 0. The standard InChI is InChI=1S/C13H21NO2/c1-10(14)5-4-6-11-7-8-12(15-2)13(9-11)16-3/h7-10H,4-6,14H2,1-3H3. The third-order valence-electron chi connectivity index (χ3n) is 2.57. The quantitative estimate of drug-likeness (QED) is 0.805. The maximum absolute atomic E-state index is 5.71. The molecule has 0 heterocycles. The van der Waals surface area contributed by atoms with Crippen molar-refractivity contribution in [2.75, 3.05) is 14.2 Å². The number of hydrogen-bond donors (Lipinski definition) is 1. The largest absolute Gasteiger partial charge is 0.493 e. The summed E-state index contributed by atoms with van der Waals surface area (Å²) < 4.78 is 10.4. The molecule has 90 valence electrons. The molecule has 1 atom stereocenters. The molecule has 1 aromatic carbocycles. The third kappa shape index (κ3) is 3.74. The van der Waals surface area contributed by atoms with Gasteiger partial charge in [0.25, 0.3) is 0 Å².